The summed E-state index contributed by atoms with van der Waals surface area (Å²) in [5.74, 6) is 0.851. The Morgan fingerprint density at radius 2 is 2.04 bits per heavy atom. The molecule has 1 aliphatic heterocycles. The molecular weight excluding hydrogens is 304 g/mol. The van der Waals surface area contributed by atoms with Crippen molar-refractivity contribution in [2.45, 2.75) is 45.2 Å². The molecule has 2 heterocycles. The van der Waals surface area contributed by atoms with Gasteiger partial charge in [-0.3, -0.25) is 4.79 Å². The smallest absolute Gasteiger partial charge is 0.242 e. The number of carbonyl (C=O) groups is 1. The molecule has 2 atom stereocenters. The molecule has 0 spiro atoms. The lowest BCUT2D eigenvalue weighted by Crippen LogP contribution is -2.49. The normalized spacial score (nSPS) is 20.9. The van der Waals surface area contributed by atoms with Crippen LogP contribution in [-0.2, 0) is 11.8 Å². The van der Waals surface area contributed by atoms with Crippen molar-refractivity contribution in [1.82, 2.24) is 25.1 Å². The van der Waals surface area contributed by atoms with Crippen LogP contribution in [0.15, 0.2) is 24.3 Å². The van der Waals surface area contributed by atoms with Gasteiger partial charge in [0.05, 0.1) is 6.54 Å². The summed E-state index contributed by atoms with van der Waals surface area (Å²) in [5.41, 5.74) is 1.81. The number of aromatic nitrogens is 4. The summed E-state index contributed by atoms with van der Waals surface area (Å²) in [5, 5.41) is 14.8. The molecule has 1 aromatic carbocycles. The molecule has 2 aromatic rings. The van der Waals surface area contributed by atoms with E-state index in [1.54, 1.807) is 11.7 Å². The van der Waals surface area contributed by atoms with Gasteiger partial charge in [0.15, 0.2) is 5.82 Å². The number of nitrogens with zero attached hydrogens (tertiary/aromatic N) is 5. The summed E-state index contributed by atoms with van der Waals surface area (Å²) in [6.45, 7) is 4.57. The number of benzene rings is 1. The van der Waals surface area contributed by atoms with Crippen LogP contribution in [0, 0.1) is 0 Å². The minimum absolute atomic E-state index is 0.153. The molecule has 1 N–H and O–H groups in total. The highest BCUT2D eigenvalue weighted by atomic mass is 16.2. The first kappa shape index (κ1) is 16.4. The lowest BCUT2D eigenvalue weighted by atomic mass is 9.97. The fraction of sp³-hybridized carbons (Fsp3) is 0.529. The molecule has 1 saturated heterocycles. The summed E-state index contributed by atoms with van der Waals surface area (Å²) in [4.78, 5) is 14.6. The second-order valence-electron chi connectivity index (χ2n) is 6.49. The SMILES string of the molecule is C[C@@H]1CCC[C@@H](C)N1C(=O)CNc1cccc(-c2nnnn2C)c1. The number of amides is 1. The summed E-state index contributed by atoms with van der Waals surface area (Å²) < 4.78 is 1.63. The molecule has 1 aliphatic rings. The fourth-order valence-corrected chi connectivity index (χ4v) is 3.42. The van der Waals surface area contributed by atoms with Gasteiger partial charge in [-0.25, -0.2) is 4.68 Å². The van der Waals surface area contributed by atoms with E-state index < -0.39 is 0 Å². The molecule has 1 fully saturated rings. The van der Waals surface area contributed by atoms with Gasteiger partial charge < -0.3 is 10.2 Å². The Morgan fingerprint density at radius 1 is 1.29 bits per heavy atom. The van der Waals surface area contributed by atoms with Gasteiger partial charge in [0, 0.05) is 30.4 Å². The van der Waals surface area contributed by atoms with Gasteiger partial charge in [-0.05, 0) is 55.7 Å². The van der Waals surface area contributed by atoms with Crippen LogP contribution in [0.25, 0.3) is 11.4 Å². The number of rotatable bonds is 4. The molecule has 0 saturated carbocycles. The first-order chi connectivity index (χ1) is 11.6. The standard InChI is InChI=1S/C17H24N6O/c1-12-6-4-7-13(2)23(12)16(24)11-18-15-9-5-8-14(10-15)17-19-20-21-22(17)3/h5,8-10,12-13,18H,4,6-7,11H2,1-3H3/t12-,13-/m1/s1. The van der Waals surface area contributed by atoms with Crippen LogP contribution in [0.5, 0.6) is 0 Å². The first-order valence-electron chi connectivity index (χ1n) is 8.44. The third kappa shape index (κ3) is 3.39. The van der Waals surface area contributed by atoms with E-state index in [9.17, 15) is 4.79 Å². The van der Waals surface area contributed by atoms with E-state index in [1.165, 1.54) is 6.42 Å². The molecular formula is C17H24N6O. The molecule has 0 radical (unpaired) electrons. The zero-order chi connectivity index (χ0) is 17.1. The van der Waals surface area contributed by atoms with Gasteiger partial charge in [0.2, 0.25) is 5.91 Å². The molecule has 7 heteroatoms. The van der Waals surface area contributed by atoms with Crippen LogP contribution in [0.2, 0.25) is 0 Å². The Bertz CT molecular complexity index is 703. The average molecular weight is 328 g/mol. The van der Waals surface area contributed by atoms with Crippen LogP contribution >= 0.6 is 0 Å². The first-order valence-corrected chi connectivity index (χ1v) is 8.44. The topological polar surface area (TPSA) is 75.9 Å². The van der Waals surface area contributed by atoms with Crippen LogP contribution in [0.3, 0.4) is 0 Å². The number of hydrogen-bond acceptors (Lipinski definition) is 5. The zero-order valence-corrected chi connectivity index (χ0v) is 14.4. The number of hydrogen-bond donors (Lipinski definition) is 1. The van der Waals surface area contributed by atoms with Gasteiger partial charge in [-0.1, -0.05) is 12.1 Å². The lowest BCUT2D eigenvalue weighted by Gasteiger charge is -2.39. The number of carbonyl (C=O) groups excluding carboxylic acids is 1. The maximum absolute atomic E-state index is 12.6. The van der Waals surface area contributed by atoms with Crippen molar-refractivity contribution < 1.29 is 4.79 Å². The second-order valence-corrected chi connectivity index (χ2v) is 6.49. The monoisotopic (exact) mass is 328 g/mol. The van der Waals surface area contributed by atoms with Gasteiger partial charge in [-0.15, -0.1) is 5.10 Å². The number of anilines is 1. The molecule has 7 nitrogen and oxygen atoms in total. The van der Waals surface area contributed by atoms with Crippen LogP contribution in [0.4, 0.5) is 5.69 Å². The average Bonchev–Trinajstić information content (AvgIpc) is 2.99. The molecule has 1 amide bonds. The Balaban J connectivity index is 1.66. The maximum atomic E-state index is 12.6. The Kier molecular flexibility index (Phi) is 4.78. The van der Waals surface area contributed by atoms with E-state index in [0.29, 0.717) is 24.5 Å². The largest absolute Gasteiger partial charge is 0.376 e. The van der Waals surface area contributed by atoms with E-state index in [2.05, 4.69) is 34.7 Å². The summed E-state index contributed by atoms with van der Waals surface area (Å²) in [6, 6.07) is 8.43. The predicted octanol–water partition coefficient (Wildman–Crippen LogP) is 2.08. The third-order valence-corrected chi connectivity index (χ3v) is 4.67. The highest BCUT2D eigenvalue weighted by Crippen LogP contribution is 2.23. The van der Waals surface area contributed by atoms with Crippen molar-refractivity contribution in [2.75, 3.05) is 11.9 Å². The summed E-state index contributed by atoms with van der Waals surface area (Å²) >= 11 is 0. The highest BCUT2D eigenvalue weighted by molar-refractivity contribution is 5.81. The molecule has 0 unspecified atom stereocenters. The second kappa shape index (κ2) is 6.98. The fourth-order valence-electron chi connectivity index (χ4n) is 3.42. The van der Waals surface area contributed by atoms with Gasteiger partial charge in [0.25, 0.3) is 0 Å². The number of tetrazole rings is 1. The van der Waals surface area contributed by atoms with Crippen LogP contribution in [-0.4, -0.2) is 49.6 Å². The Morgan fingerprint density at radius 3 is 2.71 bits per heavy atom. The van der Waals surface area contributed by atoms with Gasteiger partial charge in [0.1, 0.15) is 0 Å². The number of aryl methyl sites for hydroxylation is 1. The van der Waals surface area contributed by atoms with Gasteiger partial charge >= 0.3 is 0 Å². The number of piperidine rings is 1. The molecule has 128 valence electrons. The minimum atomic E-state index is 0.153. The maximum Gasteiger partial charge on any atom is 0.242 e. The highest BCUT2D eigenvalue weighted by Gasteiger charge is 2.28. The van der Waals surface area contributed by atoms with E-state index in [1.807, 2.05) is 29.2 Å². The number of nitrogens with one attached hydrogen (secondary N) is 1. The van der Waals surface area contributed by atoms with Gasteiger partial charge in [-0.2, -0.15) is 0 Å². The van der Waals surface area contributed by atoms with Crippen molar-refractivity contribution in [3.8, 4) is 11.4 Å². The van der Waals surface area contributed by atoms with E-state index in [4.69, 9.17) is 0 Å². The van der Waals surface area contributed by atoms with Crippen LogP contribution in [0.1, 0.15) is 33.1 Å². The lowest BCUT2D eigenvalue weighted by molar-refractivity contribution is -0.135. The van der Waals surface area contributed by atoms with Crippen molar-refractivity contribution >= 4 is 11.6 Å². The zero-order valence-electron chi connectivity index (χ0n) is 14.4. The Hall–Kier alpha value is -2.44. The van der Waals surface area contributed by atoms with E-state index in [-0.39, 0.29) is 5.91 Å². The Labute approximate surface area is 142 Å². The van der Waals surface area contributed by atoms with Crippen molar-refractivity contribution in [3.05, 3.63) is 24.3 Å². The van der Waals surface area contributed by atoms with Crippen molar-refractivity contribution in [2.24, 2.45) is 7.05 Å². The molecule has 0 aliphatic carbocycles. The number of likely N-dealkylation sites (tertiary alicyclic amines) is 1. The van der Waals surface area contributed by atoms with Crippen molar-refractivity contribution in [3.63, 3.8) is 0 Å². The van der Waals surface area contributed by atoms with Crippen LogP contribution < -0.4 is 5.32 Å². The quantitative estimate of drug-likeness (QED) is 0.930. The van der Waals surface area contributed by atoms with Crippen molar-refractivity contribution in [1.29, 1.82) is 0 Å². The summed E-state index contributed by atoms with van der Waals surface area (Å²) in [7, 11) is 1.80. The molecule has 3 rings (SSSR count). The van der Waals surface area contributed by atoms with E-state index >= 15 is 0 Å². The van der Waals surface area contributed by atoms with E-state index in [0.717, 1.165) is 24.1 Å². The summed E-state index contributed by atoms with van der Waals surface area (Å²) in [6.07, 6.45) is 3.38. The molecule has 24 heavy (non-hydrogen) atoms. The molecule has 1 aromatic heterocycles. The predicted molar refractivity (Wildman–Crippen MR) is 92.3 cm³/mol. The minimum Gasteiger partial charge on any atom is -0.376 e. The third-order valence-electron chi connectivity index (χ3n) is 4.67. The molecule has 0 bridgehead atoms.